The van der Waals surface area contributed by atoms with E-state index in [-0.39, 0.29) is 6.42 Å². The van der Waals surface area contributed by atoms with Crippen LogP contribution in [0.15, 0.2) is 24.3 Å². The Kier molecular flexibility index (Phi) is 3.48. The van der Waals surface area contributed by atoms with Gasteiger partial charge in [-0.05, 0) is 31.0 Å². The SMILES string of the molecule is COc1ccc(CC(C)(N)C(F)(F)F)cc1. The lowest BCUT2D eigenvalue weighted by Crippen LogP contribution is -2.52. The van der Waals surface area contributed by atoms with Crippen molar-refractivity contribution in [2.75, 3.05) is 7.11 Å². The fourth-order valence-electron chi connectivity index (χ4n) is 1.27. The first-order chi connectivity index (χ1) is 7.26. The normalized spacial score (nSPS) is 15.6. The van der Waals surface area contributed by atoms with Gasteiger partial charge in [-0.3, -0.25) is 0 Å². The van der Waals surface area contributed by atoms with Gasteiger partial charge in [0.2, 0.25) is 0 Å². The number of halogens is 3. The Morgan fingerprint density at radius 2 is 1.69 bits per heavy atom. The van der Waals surface area contributed by atoms with Crippen LogP contribution in [0, 0.1) is 0 Å². The summed E-state index contributed by atoms with van der Waals surface area (Å²) in [6.07, 6.45) is -4.66. The topological polar surface area (TPSA) is 35.2 Å². The predicted molar refractivity (Wildman–Crippen MR) is 55.3 cm³/mol. The summed E-state index contributed by atoms with van der Waals surface area (Å²) in [6.45, 7) is 0.983. The molecule has 0 fully saturated rings. The molecule has 0 aliphatic rings. The summed E-state index contributed by atoms with van der Waals surface area (Å²) in [5.74, 6) is 0.606. The molecule has 0 spiro atoms. The van der Waals surface area contributed by atoms with E-state index in [1.54, 1.807) is 24.3 Å². The molecule has 90 valence electrons. The minimum absolute atomic E-state index is 0.250. The molecular weight excluding hydrogens is 219 g/mol. The molecule has 1 atom stereocenters. The van der Waals surface area contributed by atoms with Crippen LogP contribution in [0.3, 0.4) is 0 Å². The number of hydrogen-bond acceptors (Lipinski definition) is 2. The standard InChI is InChI=1S/C11H14F3NO/c1-10(15,11(12,13)14)7-8-3-5-9(16-2)6-4-8/h3-6H,7,15H2,1-2H3. The average molecular weight is 233 g/mol. The van der Waals surface area contributed by atoms with E-state index in [9.17, 15) is 13.2 Å². The van der Waals surface area contributed by atoms with Crippen LogP contribution < -0.4 is 10.5 Å². The van der Waals surface area contributed by atoms with E-state index in [2.05, 4.69) is 0 Å². The average Bonchev–Trinajstić information content (AvgIpc) is 2.16. The zero-order chi connectivity index (χ0) is 12.4. The summed E-state index contributed by atoms with van der Waals surface area (Å²) in [7, 11) is 1.50. The van der Waals surface area contributed by atoms with Gasteiger partial charge < -0.3 is 10.5 Å². The number of methoxy groups -OCH3 is 1. The fourth-order valence-corrected chi connectivity index (χ4v) is 1.27. The quantitative estimate of drug-likeness (QED) is 0.870. The van der Waals surface area contributed by atoms with E-state index in [4.69, 9.17) is 10.5 Å². The Morgan fingerprint density at radius 3 is 2.06 bits per heavy atom. The van der Waals surface area contributed by atoms with Crippen molar-refractivity contribution in [1.82, 2.24) is 0 Å². The number of rotatable bonds is 3. The Balaban J connectivity index is 2.80. The van der Waals surface area contributed by atoms with Crippen LogP contribution in [0.5, 0.6) is 5.75 Å². The Morgan fingerprint density at radius 1 is 1.19 bits per heavy atom. The fraction of sp³-hybridized carbons (Fsp3) is 0.455. The summed E-state index contributed by atoms with van der Waals surface area (Å²) in [4.78, 5) is 0. The van der Waals surface area contributed by atoms with Gasteiger partial charge in [0.05, 0.1) is 7.11 Å². The Bertz CT molecular complexity index is 343. The second kappa shape index (κ2) is 4.33. The van der Waals surface area contributed by atoms with E-state index in [0.717, 1.165) is 6.92 Å². The molecule has 0 aliphatic carbocycles. The summed E-state index contributed by atoms with van der Waals surface area (Å²) in [5.41, 5.74) is 3.56. The Hall–Kier alpha value is -1.23. The molecule has 1 aromatic carbocycles. The van der Waals surface area contributed by atoms with Crippen molar-refractivity contribution in [3.8, 4) is 5.75 Å². The van der Waals surface area contributed by atoms with E-state index >= 15 is 0 Å². The van der Waals surface area contributed by atoms with Gasteiger partial charge in [-0.1, -0.05) is 12.1 Å². The number of benzene rings is 1. The molecule has 0 aromatic heterocycles. The van der Waals surface area contributed by atoms with Gasteiger partial charge in [-0.15, -0.1) is 0 Å². The minimum atomic E-state index is -4.41. The maximum atomic E-state index is 12.5. The second-order valence-electron chi connectivity index (χ2n) is 3.94. The lowest BCUT2D eigenvalue weighted by molar-refractivity contribution is -0.180. The van der Waals surface area contributed by atoms with Crippen LogP contribution in [-0.4, -0.2) is 18.8 Å². The van der Waals surface area contributed by atoms with E-state index in [1.165, 1.54) is 7.11 Å². The number of hydrogen-bond donors (Lipinski definition) is 1. The molecule has 0 saturated heterocycles. The molecule has 0 amide bonds. The third-order valence-corrected chi connectivity index (χ3v) is 2.38. The first-order valence-electron chi connectivity index (χ1n) is 4.75. The first kappa shape index (κ1) is 12.8. The summed E-state index contributed by atoms with van der Waals surface area (Å²) >= 11 is 0. The highest BCUT2D eigenvalue weighted by Crippen LogP contribution is 2.31. The second-order valence-corrected chi connectivity index (χ2v) is 3.94. The van der Waals surface area contributed by atoms with Crippen molar-refractivity contribution in [2.24, 2.45) is 5.73 Å². The maximum Gasteiger partial charge on any atom is 0.406 e. The third kappa shape index (κ3) is 2.88. The highest BCUT2D eigenvalue weighted by atomic mass is 19.4. The van der Waals surface area contributed by atoms with Crippen LogP contribution in [0.25, 0.3) is 0 Å². The molecule has 1 aromatic rings. The highest BCUT2D eigenvalue weighted by molar-refractivity contribution is 5.28. The summed E-state index contributed by atoms with van der Waals surface area (Å²) < 4.78 is 42.5. The van der Waals surface area contributed by atoms with Gasteiger partial charge in [0.15, 0.2) is 0 Å². The number of alkyl halides is 3. The highest BCUT2D eigenvalue weighted by Gasteiger charge is 2.47. The third-order valence-electron chi connectivity index (χ3n) is 2.38. The lowest BCUT2D eigenvalue weighted by Gasteiger charge is -2.27. The van der Waals surface area contributed by atoms with Crippen molar-refractivity contribution in [1.29, 1.82) is 0 Å². The Labute approximate surface area is 92.2 Å². The zero-order valence-electron chi connectivity index (χ0n) is 9.14. The molecule has 0 heterocycles. The molecule has 0 bridgehead atoms. The molecule has 0 saturated carbocycles. The van der Waals surface area contributed by atoms with Crippen LogP contribution in [0.2, 0.25) is 0 Å². The van der Waals surface area contributed by atoms with Gasteiger partial charge in [-0.2, -0.15) is 13.2 Å². The molecule has 1 rings (SSSR count). The zero-order valence-corrected chi connectivity index (χ0v) is 9.14. The van der Waals surface area contributed by atoms with E-state index in [0.29, 0.717) is 11.3 Å². The molecular formula is C11H14F3NO. The van der Waals surface area contributed by atoms with Crippen LogP contribution >= 0.6 is 0 Å². The molecule has 0 radical (unpaired) electrons. The van der Waals surface area contributed by atoms with Gasteiger partial charge in [0, 0.05) is 0 Å². The van der Waals surface area contributed by atoms with Crippen molar-refractivity contribution in [2.45, 2.75) is 25.1 Å². The van der Waals surface area contributed by atoms with Gasteiger partial charge >= 0.3 is 6.18 Å². The molecule has 2 nitrogen and oxygen atoms in total. The number of ether oxygens (including phenoxy) is 1. The van der Waals surface area contributed by atoms with Crippen molar-refractivity contribution < 1.29 is 17.9 Å². The lowest BCUT2D eigenvalue weighted by atomic mass is 9.93. The first-order valence-corrected chi connectivity index (χ1v) is 4.75. The summed E-state index contributed by atoms with van der Waals surface area (Å²) in [5, 5.41) is 0. The molecule has 0 aliphatic heterocycles. The van der Waals surface area contributed by atoms with Gasteiger partial charge in [0.1, 0.15) is 11.3 Å². The van der Waals surface area contributed by atoms with E-state index < -0.39 is 11.7 Å². The van der Waals surface area contributed by atoms with Crippen molar-refractivity contribution in [3.63, 3.8) is 0 Å². The van der Waals surface area contributed by atoms with Crippen LogP contribution in [-0.2, 0) is 6.42 Å². The smallest absolute Gasteiger partial charge is 0.406 e. The van der Waals surface area contributed by atoms with Crippen molar-refractivity contribution in [3.05, 3.63) is 29.8 Å². The maximum absolute atomic E-state index is 12.5. The van der Waals surface area contributed by atoms with Crippen LogP contribution in [0.4, 0.5) is 13.2 Å². The molecule has 16 heavy (non-hydrogen) atoms. The molecule has 1 unspecified atom stereocenters. The largest absolute Gasteiger partial charge is 0.497 e. The molecule has 5 heteroatoms. The minimum Gasteiger partial charge on any atom is -0.497 e. The van der Waals surface area contributed by atoms with Gasteiger partial charge in [-0.25, -0.2) is 0 Å². The monoisotopic (exact) mass is 233 g/mol. The van der Waals surface area contributed by atoms with Crippen molar-refractivity contribution >= 4 is 0 Å². The summed E-state index contributed by atoms with van der Waals surface area (Å²) in [6, 6.07) is 6.38. The number of nitrogens with two attached hydrogens (primary N) is 1. The van der Waals surface area contributed by atoms with Gasteiger partial charge in [0.25, 0.3) is 0 Å². The van der Waals surface area contributed by atoms with Crippen LogP contribution in [0.1, 0.15) is 12.5 Å². The van der Waals surface area contributed by atoms with E-state index in [1.807, 2.05) is 0 Å². The molecule has 2 N–H and O–H groups in total. The predicted octanol–water partition coefficient (Wildman–Crippen LogP) is 2.52.